The maximum atomic E-state index is 13.8. The Hall–Kier alpha value is -4.73. The second-order valence-corrected chi connectivity index (χ2v) is 10.8. The highest BCUT2D eigenvalue weighted by molar-refractivity contribution is 5.94. The van der Waals surface area contributed by atoms with Gasteiger partial charge in [-0.15, -0.1) is 0 Å². The van der Waals surface area contributed by atoms with Crippen LogP contribution in [0.15, 0.2) is 36.4 Å². The maximum Gasteiger partial charge on any atom is 0.326 e. The second-order valence-electron chi connectivity index (χ2n) is 10.8. The van der Waals surface area contributed by atoms with E-state index >= 15 is 0 Å². The van der Waals surface area contributed by atoms with E-state index in [0.717, 1.165) is 4.90 Å². The first-order valence-electron chi connectivity index (χ1n) is 13.9. The number of phenolic OH excluding ortho intramolecular Hbond substituents is 2. The summed E-state index contributed by atoms with van der Waals surface area (Å²) in [5, 5.41) is 45.9. The van der Waals surface area contributed by atoms with Crippen molar-refractivity contribution >= 4 is 29.6 Å². The van der Waals surface area contributed by atoms with Crippen LogP contribution >= 0.6 is 0 Å². The highest BCUT2D eigenvalue weighted by atomic mass is 16.4. The Morgan fingerprint density at radius 3 is 2.14 bits per heavy atom. The minimum atomic E-state index is -1.53. The van der Waals surface area contributed by atoms with Crippen LogP contribution in [0.5, 0.6) is 11.5 Å². The van der Waals surface area contributed by atoms with Crippen LogP contribution in [0, 0.1) is 0 Å². The van der Waals surface area contributed by atoms with Gasteiger partial charge >= 0.3 is 5.97 Å². The van der Waals surface area contributed by atoms with E-state index in [0.29, 0.717) is 16.7 Å². The monoisotopic (exact) mass is 614 g/mol. The SMILES string of the molecule is CN1C(=O)[C@@H](C[C@@H](O)CN)NC(=O)[C@H](N)Cc2cc(ccc2O)-c2ccc(O)c(c2)C[C@@H]1C(=O)N[C@@H](CCC(N)=O)C(=O)O. The number of amides is 4. The Bertz CT molecular complexity index is 1420. The van der Waals surface area contributed by atoms with Gasteiger partial charge in [0.25, 0.3) is 0 Å². The quantitative estimate of drug-likeness (QED) is 0.150. The van der Waals surface area contributed by atoms with Gasteiger partial charge in [-0.25, -0.2) is 4.79 Å². The summed E-state index contributed by atoms with van der Waals surface area (Å²) in [6.45, 7) is -0.249. The van der Waals surface area contributed by atoms with Gasteiger partial charge in [-0.1, -0.05) is 12.1 Å². The first-order chi connectivity index (χ1) is 20.7. The van der Waals surface area contributed by atoms with Crippen LogP contribution in [0.3, 0.4) is 0 Å². The summed E-state index contributed by atoms with van der Waals surface area (Å²) in [4.78, 5) is 64.7. The molecule has 1 heterocycles. The molecule has 44 heavy (non-hydrogen) atoms. The van der Waals surface area contributed by atoms with Crippen LogP contribution < -0.4 is 27.8 Å². The summed E-state index contributed by atoms with van der Waals surface area (Å²) >= 11 is 0. The molecule has 15 heteroatoms. The van der Waals surface area contributed by atoms with Crippen molar-refractivity contribution in [3.8, 4) is 22.6 Å². The lowest BCUT2D eigenvalue weighted by Crippen LogP contribution is -2.59. The molecule has 0 spiro atoms. The number of likely N-dealkylation sites (N-methyl/N-ethyl adjacent to an activating group) is 1. The van der Waals surface area contributed by atoms with Crippen LogP contribution in [0.1, 0.15) is 30.4 Å². The lowest BCUT2D eigenvalue weighted by Gasteiger charge is -2.32. The number of hydrogen-bond acceptors (Lipinski definition) is 10. The number of nitrogens with zero attached hydrogens (tertiary/aromatic N) is 1. The minimum absolute atomic E-state index is 0.112. The van der Waals surface area contributed by atoms with Crippen molar-refractivity contribution < 1.29 is 44.4 Å². The third-order valence-corrected chi connectivity index (χ3v) is 7.49. The fraction of sp³-hybridized carbons (Fsp3) is 0.414. The first-order valence-corrected chi connectivity index (χ1v) is 13.9. The van der Waals surface area contributed by atoms with Gasteiger partial charge in [0, 0.05) is 39.3 Å². The van der Waals surface area contributed by atoms with Crippen molar-refractivity contribution in [3.05, 3.63) is 47.5 Å². The number of carboxylic acid groups (broad SMARTS) is 1. The third-order valence-electron chi connectivity index (χ3n) is 7.49. The highest BCUT2D eigenvalue weighted by Crippen LogP contribution is 2.31. The molecule has 4 bridgehead atoms. The van der Waals surface area contributed by atoms with Crippen molar-refractivity contribution in [1.29, 1.82) is 0 Å². The van der Waals surface area contributed by atoms with E-state index in [9.17, 15) is 44.4 Å². The van der Waals surface area contributed by atoms with E-state index in [-0.39, 0.29) is 55.7 Å². The average molecular weight is 615 g/mol. The number of hydrogen-bond donors (Lipinski definition) is 9. The number of phenols is 2. The Labute approximate surface area is 253 Å². The zero-order valence-electron chi connectivity index (χ0n) is 24.1. The number of aliphatic hydroxyl groups excluding tert-OH is 1. The van der Waals surface area contributed by atoms with Gasteiger partial charge in [0.1, 0.15) is 29.6 Å². The number of nitrogens with one attached hydrogen (secondary N) is 2. The molecule has 0 unspecified atom stereocenters. The summed E-state index contributed by atoms with van der Waals surface area (Å²) in [6, 6.07) is 3.59. The number of primary amides is 1. The number of benzene rings is 2. The molecule has 5 atom stereocenters. The zero-order chi connectivity index (χ0) is 32.7. The summed E-state index contributed by atoms with van der Waals surface area (Å²) in [5.74, 6) is -5.10. The molecule has 238 valence electrons. The molecule has 0 saturated carbocycles. The summed E-state index contributed by atoms with van der Waals surface area (Å²) < 4.78 is 0. The Balaban J connectivity index is 2.14. The van der Waals surface area contributed by atoms with E-state index in [1.54, 1.807) is 24.3 Å². The van der Waals surface area contributed by atoms with Crippen molar-refractivity contribution in [3.63, 3.8) is 0 Å². The number of carboxylic acids is 1. The molecule has 15 nitrogen and oxygen atoms in total. The lowest BCUT2D eigenvalue weighted by molar-refractivity contribution is -0.145. The Morgan fingerprint density at radius 1 is 1.05 bits per heavy atom. The van der Waals surface area contributed by atoms with E-state index in [4.69, 9.17) is 17.2 Å². The molecule has 0 saturated heterocycles. The predicted molar refractivity (Wildman–Crippen MR) is 157 cm³/mol. The molecule has 12 N–H and O–H groups in total. The van der Waals surface area contributed by atoms with E-state index in [1.807, 2.05) is 0 Å². The third kappa shape index (κ3) is 8.43. The zero-order valence-corrected chi connectivity index (χ0v) is 24.1. The predicted octanol–water partition coefficient (Wildman–Crippen LogP) is -1.95. The van der Waals surface area contributed by atoms with Crippen LogP contribution in [0.2, 0.25) is 0 Å². The average Bonchev–Trinajstić information content (AvgIpc) is 2.97. The Morgan fingerprint density at radius 2 is 1.61 bits per heavy atom. The number of aliphatic hydroxyl groups is 1. The topological polar surface area (TPSA) is 272 Å². The molecule has 0 radical (unpaired) electrons. The smallest absolute Gasteiger partial charge is 0.326 e. The molecule has 0 aliphatic carbocycles. The molecule has 0 aromatic heterocycles. The molecular weight excluding hydrogens is 576 g/mol. The number of carbonyl (C=O) groups is 5. The van der Waals surface area contributed by atoms with Crippen LogP contribution in [-0.4, -0.2) is 98.8 Å². The van der Waals surface area contributed by atoms with Crippen molar-refractivity contribution in [2.75, 3.05) is 13.6 Å². The fourth-order valence-electron chi connectivity index (χ4n) is 4.88. The molecule has 2 aromatic rings. The van der Waals surface area contributed by atoms with Crippen LogP contribution in [0.4, 0.5) is 0 Å². The fourth-order valence-corrected chi connectivity index (χ4v) is 4.88. The summed E-state index contributed by atoms with van der Waals surface area (Å²) in [6.07, 6.45) is -2.64. The standard InChI is InChI=1S/C29H38N6O9/c1-35-22(27(41)33-20(29(43)44)4-7-25(32)39)11-17-9-15(3-6-24(17)38)14-2-5-23(37)16(8-14)10-19(31)26(40)34-21(28(35)42)12-18(36)13-30/h2-3,5-6,8-9,18-22,36-38H,4,7,10-13,30-31H2,1H3,(H2,32,39)(H,33,41)(H,34,40)(H,43,44)/t18-,19-,20+,21-,22-/m1/s1. The van der Waals surface area contributed by atoms with Gasteiger partial charge in [-0.2, -0.15) is 0 Å². The summed E-state index contributed by atoms with van der Waals surface area (Å²) in [7, 11) is 1.25. The minimum Gasteiger partial charge on any atom is -0.508 e. The van der Waals surface area contributed by atoms with Crippen LogP contribution in [-0.2, 0) is 36.8 Å². The number of fused-ring (bicyclic) bond motifs is 5. The molecule has 1 aliphatic heterocycles. The number of nitrogens with two attached hydrogens (primary N) is 3. The van der Waals surface area contributed by atoms with Gasteiger partial charge < -0.3 is 53.2 Å². The number of rotatable bonds is 9. The van der Waals surface area contributed by atoms with Crippen molar-refractivity contribution in [1.82, 2.24) is 15.5 Å². The lowest BCUT2D eigenvalue weighted by atomic mass is 9.95. The van der Waals surface area contributed by atoms with E-state index < -0.39 is 59.9 Å². The van der Waals surface area contributed by atoms with Crippen LogP contribution in [0.25, 0.3) is 11.1 Å². The normalized spacial score (nSPS) is 20.5. The molecular formula is C29H38N6O9. The van der Waals surface area contributed by atoms with Gasteiger partial charge in [0.2, 0.25) is 23.6 Å². The maximum absolute atomic E-state index is 13.8. The summed E-state index contributed by atoms with van der Waals surface area (Å²) in [5.41, 5.74) is 18.6. The largest absolute Gasteiger partial charge is 0.508 e. The molecule has 2 aromatic carbocycles. The van der Waals surface area contributed by atoms with Crippen molar-refractivity contribution in [2.24, 2.45) is 17.2 Å². The first kappa shape index (κ1) is 33.8. The van der Waals surface area contributed by atoms with Gasteiger partial charge in [0.15, 0.2) is 0 Å². The Kier molecular flexibility index (Phi) is 11.2. The van der Waals surface area contributed by atoms with E-state index in [2.05, 4.69) is 10.6 Å². The molecule has 1 aliphatic rings. The van der Waals surface area contributed by atoms with Crippen molar-refractivity contribution in [2.45, 2.75) is 62.4 Å². The highest BCUT2D eigenvalue weighted by Gasteiger charge is 2.36. The van der Waals surface area contributed by atoms with E-state index in [1.165, 1.54) is 19.2 Å². The van der Waals surface area contributed by atoms with Gasteiger partial charge in [-0.3, -0.25) is 19.2 Å². The molecule has 0 fully saturated rings. The number of aliphatic carboxylic acids is 1. The number of carbonyl (C=O) groups excluding carboxylic acids is 4. The second kappa shape index (κ2) is 14.6. The van der Waals surface area contributed by atoms with Gasteiger partial charge in [0.05, 0.1) is 12.1 Å². The molecule has 4 amide bonds. The molecule has 3 rings (SSSR count). The number of aromatic hydroxyl groups is 2. The van der Waals surface area contributed by atoms with Gasteiger partial charge in [-0.05, 0) is 52.9 Å².